The Balaban J connectivity index is 2.50. The largest absolute Gasteiger partial charge is 0.488 e. The standard InChI is InChI=1S/C13H17FO2/c1-8(2)12-5-11(14)4-10-7-15-6-9(3)16-13(10)12/h4-5,8-9H,6-7H2,1-3H3. The molecule has 2 nitrogen and oxygen atoms in total. The molecule has 0 bridgehead atoms. The van der Waals surface area contributed by atoms with Crippen molar-refractivity contribution in [2.45, 2.75) is 39.4 Å². The third kappa shape index (κ3) is 2.19. The van der Waals surface area contributed by atoms with Gasteiger partial charge in [0, 0.05) is 5.56 Å². The van der Waals surface area contributed by atoms with E-state index in [2.05, 4.69) is 0 Å². The SMILES string of the molecule is CC1COCc2cc(F)cc(C(C)C)c2O1. The molecule has 0 aromatic heterocycles. The zero-order valence-electron chi connectivity index (χ0n) is 9.92. The number of ether oxygens (including phenoxy) is 2. The molecular formula is C13H17FO2. The smallest absolute Gasteiger partial charge is 0.129 e. The lowest BCUT2D eigenvalue weighted by atomic mass is 9.99. The van der Waals surface area contributed by atoms with Crippen molar-refractivity contribution < 1.29 is 13.9 Å². The van der Waals surface area contributed by atoms with Gasteiger partial charge in [-0.05, 0) is 30.5 Å². The average molecular weight is 224 g/mol. The van der Waals surface area contributed by atoms with Crippen molar-refractivity contribution in [3.05, 3.63) is 29.1 Å². The van der Waals surface area contributed by atoms with Crippen LogP contribution in [-0.2, 0) is 11.3 Å². The summed E-state index contributed by atoms with van der Waals surface area (Å²) in [5, 5.41) is 0. The monoisotopic (exact) mass is 224 g/mol. The maximum atomic E-state index is 13.4. The predicted molar refractivity (Wildman–Crippen MR) is 60.2 cm³/mol. The highest BCUT2D eigenvalue weighted by atomic mass is 19.1. The molecule has 0 fully saturated rings. The minimum absolute atomic E-state index is 0.0178. The fraction of sp³-hybridized carbons (Fsp3) is 0.538. The second-order valence-electron chi connectivity index (χ2n) is 4.58. The molecule has 1 heterocycles. The van der Waals surface area contributed by atoms with E-state index >= 15 is 0 Å². The van der Waals surface area contributed by atoms with Gasteiger partial charge in [-0.15, -0.1) is 0 Å². The van der Waals surface area contributed by atoms with Gasteiger partial charge >= 0.3 is 0 Å². The van der Waals surface area contributed by atoms with Crippen LogP contribution in [-0.4, -0.2) is 12.7 Å². The van der Waals surface area contributed by atoms with Gasteiger partial charge in [-0.3, -0.25) is 0 Å². The van der Waals surface area contributed by atoms with Crippen molar-refractivity contribution >= 4 is 0 Å². The van der Waals surface area contributed by atoms with E-state index in [1.54, 1.807) is 6.07 Å². The van der Waals surface area contributed by atoms with E-state index < -0.39 is 0 Å². The van der Waals surface area contributed by atoms with Gasteiger partial charge in [0.15, 0.2) is 0 Å². The molecule has 0 N–H and O–H groups in total. The van der Waals surface area contributed by atoms with Crippen molar-refractivity contribution in [2.24, 2.45) is 0 Å². The molecule has 0 saturated heterocycles. The van der Waals surface area contributed by atoms with E-state index in [0.717, 1.165) is 16.9 Å². The fourth-order valence-electron chi connectivity index (χ4n) is 1.92. The van der Waals surface area contributed by atoms with Crippen molar-refractivity contribution in [3.8, 4) is 5.75 Å². The normalized spacial score (nSPS) is 20.2. The lowest BCUT2D eigenvalue weighted by Gasteiger charge is -2.18. The van der Waals surface area contributed by atoms with E-state index in [-0.39, 0.29) is 17.8 Å². The van der Waals surface area contributed by atoms with Crippen molar-refractivity contribution in [1.29, 1.82) is 0 Å². The number of rotatable bonds is 1. The molecule has 0 spiro atoms. The Labute approximate surface area is 95.4 Å². The third-order valence-corrected chi connectivity index (χ3v) is 2.71. The Morgan fingerprint density at radius 2 is 2.12 bits per heavy atom. The van der Waals surface area contributed by atoms with Crippen molar-refractivity contribution in [2.75, 3.05) is 6.61 Å². The summed E-state index contributed by atoms with van der Waals surface area (Å²) in [5.41, 5.74) is 1.74. The zero-order valence-corrected chi connectivity index (χ0v) is 9.92. The molecule has 1 aromatic rings. The van der Waals surface area contributed by atoms with Crippen LogP contribution in [0.3, 0.4) is 0 Å². The maximum Gasteiger partial charge on any atom is 0.129 e. The summed E-state index contributed by atoms with van der Waals surface area (Å²) in [6, 6.07) is 3.06. The fourth-order valence-corrected chi connectivity index (χ4v) is 1.92. The lowest BCUT2D eigenvalue weighted by molar-refractivity contribution is 0.0681. The molecular weight excluding hydrogens is 207 g/mol. The molecule has 88 valence electrons. The topological polar surface area (TPSA) is 18.5 Å². The highest BCUT2D eigenvalue weighted by molar-refractivity contribution is 5.44. The van der Waals surface area contributed by atoms with E-state index in [1.165, 1.54) is 6.07 Å². The lowest BCUT2D eigenvalue weighted by Crippen LogP contribution is -2.17. The van der Waals surface area contributed by atoms with Gasteiger partial charge in [0.2, 0.25) is 0 Å². The summed E-state index contributed by atoms with van der Waals surface area (Å²) in [6.45, 7) is 7.01. The van der Waals surface area contributed by atoms with Crippen LogP contribution in [0.4, 0.5) is 4.39 Å². The van der Waals surface area contributed by atoms with Gasteiger partial charge in [-0.1, -0.05) is 13.8 Å². The second kappa shape index (κ2) is 4.42. The van der Waals surface area contributed by atoms with Gasteiger partial charge < -0.3 is 9.47 Å². The maximum absolute atomic E-state index is 13.4. The quantitative estimate of drug-likeness (QED) is 0.729. The van der Waals surface area contributed by atoms with Crippen LogP contribution in [0, 0.1) is 5.82 Å². The number of halogens is 1. The van der Waals surface area contributed by atoms with Crippen LogP contribution >= 0.6 is 0 Å². The Kier molecular flexibility index (Phi) is 3.15. The van der Waals surface area contributed by atoms with Crippen LogP contribution in [0.5, 0.6) is 5.75 Å². The van der Waals surface area contributed by atoms with Crippen LogP contribution in [0.25, 0.3) is 0 Å². The third-order valence-electron chi connectivity index (χ3n) is 2.71. The average Bonchev–Trinajstić information content (AvgIpc) is 2.37. The van der Waals surface area contributed by atoms with E-state index in [1.807, 2.05) is 20.8 Å². The first-order valence-electron chi connectivity index (χ1n) is 5.64. The van der Waals surface area contributed by atoms with Gasteiger partial charge in [0.25, 0.3) is 0 Å². The first-order valence-corrected chi connectivity index (χ1v) is 5.64. The van der Waals surface area contributed by atoms with Gasteiger partial charge in [-0.25, -0.2) is 4.39 Å². The summed E-state index contributed by atoms with van der Waals surface area (Å²) in [5.74, 6) is 0.834. The van der Waals surface area contributed by atoms with Gasteiger partial charge in [0.05, 0.1) is 13.2 Å². The van der Waals surface area contributed by atoms with Gasteiger partial charge in [0.1, 0.15) is 17.7 Å². The van der Waals surface area contributed by atoms with Crippen LogP contribution in [0.1, 0.15) is 37.8 Å². The van der Waals surface area contributed by atoms with E-state index in [0.29, 0.717) is 13.2 Å². The number of hydrogen-bond donors (Lipinski definition) is 0. The minimum Gasteiger partial charge on any atom is -0.488 e. The van der Waals surface area contributed by atoms with Crippen LogP contribution < -0.4 is 4.74 Å². The summed E-state index contributed by atoms with van der Waals surface area (Å²) >= 11 is 0. The number of fused-ring (bicyclic) bond motifs is 1. The summed E-state index contributed by atoms with van der Waals surface area (Å²) < 4.78 is 24.7. The van der Waals surface area contributed by atoms with Crippen LogP contribution in [0.2, 0.25) is 0 Å². The highest BCUT2D eigenvalue weighted by Crippen LogP contribution is 2.34. The Morgan fingerprint density at radius 3 is 2.81 bits per heavy atom. The molecule has 0 saturated carbocycles. The minimum atomic E-state index is -0.218. The second-order valence-corrected chi connectivity index (χ2v) is 4.58. The first-order chi connectivity index (χ1) is 7.58. The predicted octanol–water partition coefficient (Wildman–Crippen LogP) is 3.25. The summed E-state index contributed by atoms with van der Waals surface area (Å²) in [6.07, 6.45) is 0.0178. The summed E-state index contributed by atoms with van der Waals surface area (Å²) in [7, 11) is 0. The molecule has 1 aliphatic rings. The number of hydrogen-bond acceptors (Lipinski definition) is 2. The Bertz CT molecular complexity index is 388. The van der Waals surface area contributed by atoms with E-state index in [4.69, 9.17) is 9.47 Å². The first kappa shape index (κ1) is 11.4. The van der Waals surface area contributed by atoms with Crippen LogP contribution in [0.15, 0.2) is 12.1 Å². The molecule has 1 atom stereocenters. The molecule has 0 radical (unpaired) electrons. The van der Waals surface area contributed by atoms with E-state index in [9.17, 15) is 4.39 Å². The molecule has 16 heavy (non-hydrogen) atoms. The Hall–Kier alpha value is -1.09. The zero-order chi connectivity index (χ0) is 11.7. The Morgan fingerprint density at radius 1 is 1.38 bits per heavy atom. The molecule has 2 rings (SSSR count). The molecule has 0 aliphatic carbocycles. The molecule has 3 heteroatoms. The molecule has 1 aromatic carbocycles. The van der Waals surface area contributed by atoms with Crippen molar-refractivity contribution in [1.82, 2.24) is 0 Å². The molecule has 1 aliphatic heterocycles. The number of benzene rings is 1. The molecule has 1 unspecified atom stereocenters. The highest BCUT2D eigenvalue weighted by Gasteiger charge is 2.20. The summed E-state index contributed by atoms with van der Waals surface area (Å²) in [4.78, 5) is 0. The van der Waals surface area contributed by atoms with Crippen molar-refractivity contribution in [3.63, 3.8) is 0 Å². The van der Waals surface area contributed by atoms with Gasteiger partial charge in [-0.2, -0.15) is 0 Å². The molecule has 0 amide bonds.